The molecule has 0 radical (unpaired) electrons. The molecule has 24 heavy (non-hydrogen) atoms. The van der Waals surface area contributed by atoms with Crippen LogP contribution < -0.4 is 5.32 Å². The number of aromatic nitrogens is 1. The van der Waals surface area contributed by atoms with Gasteiger partial charge in [0.25, 0.3) is 0 Å². The van der Waals surface area contributed by atoms with Crippen molar-refractivity contribution in [1.29, 1.82) is 0 Å². The highest BCUT2D eigenvalue weighted by Gasteiger charge is 2.31. The van der Waals surface area contributed by atoms with Crippen molar-refractivity contribution >= 4 is 6.03 Å². The van der Waals surface area contributed by atoms with Gasteiger partial charge in [-0.3, -0.25) is 9.88 Å². The van der Waals surface area contributed by atoms with E-state index in [2.05, 4.69) is 29.0 Å². The highest BCUT2D eigenvalue weighted by atomic mass is 16.5. The summed E-state index contributed by atoms with van der Waals surface area (Å²) in [7, 11) is 0. The number of urea groups is 1. The fourth-order valence-corrected chi connectivity index (χ4v) is 3.45. The first-order valence-electron chi connectivity index (χ1n) is 8.83. The van der Waals surface area contributed by atoms with Gasteiger partial charge < -0.3 is 15.0 Å². The van der Waals surface area contributed by atoms with Gasteiger partial charge in [0.1, 0.15) is 0 Å². The molecule has 2 amide bonds. The molecule has 6 heteroatoms. The van der Waals surface area contributed by atoms with Crippen molar-refractivity contribution in [2.75, 3.05) is 32.8 Å². The Bertz CT molecular complexity index is 541. The van der Waals surface area contributed by atoms with Gasteiger partial charge in [0.2, 0.25) is 0 Å². The molecule has 0 saturated carbocycles. The molecule has 0 bridgehead atoms. The number of hydrogen-bond donors (Lipinski definition) is 1. The Kier molecular flexibility index (Phi) is 5.36. The zero-order chi connectivity index (χ0) is 17.0. The van der Waals surface area contributed by atoms with E-state index in [1.807, 2.05) is 29.3 Å². The normalized spacial score (nSPS) is 24.6. The Labute approximate surface area is 144 Å². The number of nitrogens with one attached hydrogen (secondary N) is 1. The Morgan fingerprint density at radius 1 is 1.33 bits per heavy atom. The van der Waals surface area contributed by atoms with Crippen LogP contribution in [0.2, 0.25) is 0 Å². The lowest BCUT2D eigenvalue weighted by molar-refractivity contribution is -0.0616. The molecule has 1 atom stereocenters. The van der Waals surface area contributed by atoms with Crippen molar-refractivity contribution < 1.29 is 9.53 Å². The van der Waals surface area contributed by atoms with Crippen LogP contribution in [0.15, 0.2) is 24.4 Å². The molecule has 0 aliphatic carbocycles. The lowest BCUT2D eigenvalue weighted by Crippen LogP contribution is -2.55. The number of carbonyl (C=O) groups is 1. The van der Waals surface area contributed by atoms with Crippen LogP contribution >= 0.6 is 0 Å². The van der Waals surface area contributed by atoms with E-state index in [1.165, 1.54) is 0 Å². The fraction of sp³-hybridized carbons (Fsp3) is 0.667. The predicted octanol–water partition coefficient (Wildman–Crippen LogP) is 1.87. The third-order valence-electron chi connectivity index (χ3n) is 4.80. The number of hydrogen-bond acceptors (Lipinski definition) is 4. The predicted molar refractivity (Wildman–Crippen MR) is 92.7 cm³/mol. The second-order valence-corrected chi connectivity index (χ2v) is 7.33. The second kappa shape index (κ2) is 7.49. The largest absolute Gasteiger partial charge is 0.375 e. The summed E-state index contributed by atoms with van der Waals surface area (Å²) in [5.41, 5.74) is 0.942. The monoisotopic (exact) mass is 332 g/mol. The standard InChI is InChI=1S/C18H28N4O2/c1-18(2)13-15(6-12-24-18)20-17(23)22-10-8-21(9-11-22)14-16-5-3-4-7-19-16/h3-5,7,15H,6,8-14H2,1-2H3,(H,20,23)/t15-/m0/s1. The van der Waals surface area contributed by atoms with Crippen molar-refractivity contribution in [3.8, 4) is 0 Å². The van der Waals surface area contributed by atoms with Gasteiger partial charge in [-0.25, -0.2) is 4.79 Å². The summed E-state index contributed by atoms with van der Waals surface area (Å²) < 4.78 is 5.72. The minimum absolute atomic E-state index is 0.0650. The first-order valence-corrected chi connectivity index (χ1v) is 8.83. The highest BCUT2D eigenvalue weighted by molar-refractivity contribution is 5.74. The Balaban J connectivity index is 1.43. The van der Waals surface area contributed by atoms with Gasteiger partial charge >= 0.3 is 6.03 Å². The minimum Gasteiger partial charge on any atom is -0.375 e. The SMILES string of the molecule is CC1(C)C[C@@H](NC(=O)N2CCN(Cc3ccccn3)CC2)CCO1. The first-order chi connectivity index (χ1) is 11.5. The van der Waals surface area contributed by atoms with E-state index >= 15 is 0 Å². The van der Waals surface area contributed by atoms with E-state index in [0.29, 0.717) is 0 Å². The summed E-state index contributed by atoms with van der Waals surface area (Å²) in [5, 5.41) is 3.18. The maximum atomic E-state index is 12.5. The number of nitrogens with zero attached hydrogens (tertiary/aromatic N) is 3. The molecule has 2 aliphatic heterocycles. The Morgan fingerprint density at radius 3 is 2.79 bits per heavy atom. The topological polar surface area (TPSA) is 57.7 Å². The first kappa shape index (κ1) is 17.2. The molecule has 1 aromatic rings. The van der Waals surface area contributed by atoms with Crippen LogP contribution in [0.3, 0.4) is 0 Å². The third-order valence-corrected chi connectivity index (χ3v) is 4.80. The molecule has 0 aromatic carbocycles. The highest BCUT2D eigenvalue weighted by Crippen LogP contribution is 2.24. The van der Waals surface area contributed by atoms with Crippen molar-refractivity contribution in [1.82, 2.24) is 20.1 Å². The van der Waals surface area contributed by atoms with E-state index in [-0.39, 0.29) is 17.7 Å². The summed E-state index contributed by atoms with van der Waals surface area (Å²) in [6.07, 6.45) is 3.60. The molecule has 3 rings (SSSR count). The number of ether oxygens (including phenoxy) is 1. The van der Waals surface area contributed by atoms with Crippen molar-refractivity contribution in [2.45, 2.75) is 44.9 Å². The zero-order valence-electron chi connectivity index (χ0n) is 14.7. The lowest BCUT2D eigenvalue weighted by atomic mass is 9.94. The van der Waals surface area contributed by atoms with Crippen molar-refractivity contribution in [3.05, 3.63) is 30.1 Å². The van der Waals surface area contributed by atoms with Gasteiger partial charge in [0.15, 0.2) is 0 Å². The summed E-state index contributed by atoms with van der Waals surface area (Å²) in [6.45, 7) is 9.06. The molecule has 0 spiro atoms. The number of piperazine rings is 1. The molecule has 2 aliphatic rings. The van der Waals surface area contributed by atoms with Crippen LogP contribution in [0.4, 0.5) is 4.79 Å². The molecule has 1 aromatic heterocycles. The van der Waals surface area contributed by atoms with Gasteiger partial charge in [0.05, 0.1) is 11.3 Å². The second-order valence-electron chi connectivity index (χ2n) is 7.33. The number of pyridine rings is 1. The Hall–Kier alpha value is -1.66. The maximum absolute atomic E-state index is 12.5. The Morgan fingerprint density at radius 2 is 2.12 bits per heavy atom. The van der Waals surface area contributed by atoms with E-state index < -0.39 is 0 Å². The maximum Gasteiger partial charge on any atom is 0.317 e. The summed E-state index contributed by atoms with van der Waals surface area (Å²) in [6, 6.07) is 6.28. The van der Waals surface area contributed by atoms with Gasteiger partial charge in [-0.1, -0.05) is 6.07 Å². The van der Waals surface area contributed by atoms with Gasteiger partial charge in [0, 0.05) is 51.6 Å². The van der Waals surface area contributed by atoms with Crippen molar-refractivity contribution in [2.24, 2.45) is 0 Å². The summed E-state index contributed by atoms with van der Waals surface area (Å²) in [4.78, 5) is 21.1. The van der Waals surface area contributed by atoms with Crippen LogP contribution in [0.1, 0.15) is 32.4 Å². The molecule has 2 fully saturated rings. The molecule has 3 heterocycles. The van der Waals surface area contributed by atoms with Crippen molar-refractivity contribution in [3.63, 3.8) is 0 Å². The molecule has 132 valence electrons. The van der Waals surface area contributed by atoms with Gasteiger partial charge in [-0.2, -0.15) is 0 Å². The fourth-order valence-electron chi connectivity index (χ4n) is 3.45. The van der Waals surface area contributed by atoms with E-state index in [1.54, 1.807) is 0 Å². The van der Waals surface area contributed by atoms with E-state index in [0.717, 1.165) is 57.9 Å². The molecular formula is C18H28N4O2. The van der Waals surface area contributed by atoms with Crippen LogP contribution in [0.25, 0.3) is 0 Å². The minimum atomic E-state index is -0.141. The van der Waals surface area contributed by atoms with Crippen LogP contribution in [0, 0.1) is 0 Å². The quantitative estimate of drug-likeness (QED) is 0.918. The third kappa shape index (κ3) is 4.68. The summed E-state index contributed by atoms with van der Waals surface area (Å²) >= 11 is 0. The van der Waals surface area contributed by atoms with Gasteiger partial charge in [-0.15, -0.1) is 0 Å². The van der Waals surface area contributed by atoms with Crippen LogP contribution in [-0.4, -0.2) is 65.2 Å². The molecule has 0 unspecified atom stereocenters. The van der Waals surface area contributed by atoms with Crippen LogP contribution in [0.5, 0.6) is 0 Å². The number of rotatable bonds is 3. The average Bonchev–Trinajstić information content (AvgIpc) is 2.55. The zero-order valence-corrected chi connectivity index (χ0v) is 14.7. The van der Waals surface area contributed by atoms with E-state index in [4.69, 9.17) is 4.74 Å². The average molecular weight is 332 g/mol. The van der Waals surface area contributed by atoms with E-state index in [9.17, 15) is 4.79 Å². The van der Waals surface area contributed by atoms with Gasteiger partial charge in [-0.05, 0) is 38.8 Å². The smallest absolute Gasteiger partial charge is 0.317 e. The molecule has 1 N–H and O–H groups in total. The molecule has 2 saturated heterocycles. The molecular weight excluding hydrogens is 304 g/mol. The number of carbonyl (C=O) groups excluding carboxylic acids is 1. The number of amides is 2. The summed E-state index contributed by atoms with van der Waals surface area (Å²) in [5.74, 6) is 0. The lowest BCUT2D eigenvalue weighted by Gasteiger charge is -2.38. The molecule has 6 nitrogen and oxygen atoms in total. The van der Waals surface area contributed by atoms with Crippen LogP contribution in [-0.2, 0) is 11.3 Å².